The van der Waals surface area contributed by atoms with E-state index in [4.69, 9.17) is 4.55 Å². The molecule has 0 unspecified atom stereocenters. The van der Waals surface area contributed by atoms with Gasteiger partial charge in [-0.15, -0.1) is 0 Å². The number of carbonyl (C=O) groups is 1. The van der Waals surface area contributed by atoms with Gasteiger partial charge in [0.15, 0.2) is 0 Å². The summed E-state index contributed by atoms with van der Waals surface area (Å²) >= 11 is 0. The quantitative estimate of drug-likeness (QED) is 0.328. The lowest BCUT2D eigenvalue weighted by molar-refractivity contribution is -0.244. The van der Waals surface area contributed by atoms with Crippen LogP contribution in [0.1, 0.15) is 85.0 Å². The summed E-state index contributed by atoms with van der Waals surface area (Å²) in [5, 5.41) is 36.5. The predicted octanol–water partition coefficient (Wildman–Crippen LogP) is 2.51. The highest BCUT2D eigenvalue weighted by molar-refractivity contribution is 7.85. The summed E-state index contributed by atoms with van der Waals surface area (Å²) < 4.78 is 30.5. The number of nitrogens with one attached hydrogen (secondary N) is 1. The first kappa shape index (κ1) is 27.3. The fraction of sp³-hybridized carbons (Fsp3) is 0.962. The van der Waals surface area contributed by atoms with E-state index in [1.54, 1.807) is 0 Å². The van der Waals surface area contributed by atoms with Crippen LogP contribution in [0.2, 0.25) is 0 Å². The molecule has 0 radical (unpaired) electrons. The summed E-state index contributed by atoms with van der Waals surface area (Å²) in [7, 11) is -4.10. The molecule has 9 heteroatoms. The van der Waals surface area contributed by atoms with Crippen molar-refractivity contribution >= 4 is 16.0 Å². The number of amides is 1. The lowest BCUT2D eigenvalue weighted by Crippen LogP contribution is -2.66. The molecule has 4 aliphatic carbocycles. The van der Waals surface area contributed by atoms with Crippen molar-refractivity contribution in [1.82, 2.24) is 5.32 Å². The Bertz CT molecular complexity index is 911. The van der Waals surface area contributed by atoms with Crippen LogP contribution in [-0.4, -0.2) is 64.3 Å². The minimum Gasteiger partial charge on any atom is -0.393 e. The van der Waals surface area contributed by atoms with Gasteiger partial charge in [-0.1, -0.05) is 20.8 Å². The van der Waals surface area contributed by atoms with Crippen molar-refractivity contribution in [2.75, 3.05) is 12.3 Å². The van der Waals surface area contributed by atoms with Gasteiger partial charge in [0.2, 0.25) is 5.91 Å². The average Bonchev–Trinajstić information content (AvgIpc) is 3.03. The van der Waals surface area contributed by atoms with E-state index in [9.17, 15) is 28.5 Å². The molecule has 5 N–H and O–H groups in total. The largest absolute Gasteiger partial charge is 0.393 e. The van der Waals surface area contributed by atoms with E-state index in [-0.39, 0.29) is 59.5 Å². The van der Waals surface area contributed by atoms with Gasteiger partial charge in [0.1, 0.15) is 0 Å². The molecular weight excluding hydrogens is 470 g/mol. The van der Waals surface area contributed by atoms with E-state index in [0.29, 0.717) is 25.2 Å². The zero-order chi connectivity index (χ0) is 25.8. The van der Waals surface area contributed by atoms with Gasteiger partial charge in [-0.25, -0.2) is 0 Å². The lowest BCUT2D eigenvalue weighted by atomic mass is 9.42. The van der Waals surface area contributed by atoms with Gasteiger partial charge in [-0.3, -0.25) is 9.35 Å². The molecular formula is C26H45NO7S. The van der Waals surface area contributed by atoms with E-state index in [1.807, 2.05) is 0 Å². The first-order chi connectivity index (χ1) is 16.2. The molecule has 1 amide bonds. The molecule has 0 aromatic carbocycles. The van der Waals surface area contributed by atoms with Crippen LogP contribution in [0.25, 0.3) is 0 Å². The van der Waals surface area contributed by atoms with E-state index in [0.717, 1.165) is 38.5 Å². The lowest BCUT2D eigenvalue weighted by Gasteiger charge is -2.65. The summed E-state index contributed by atoms with van der Waals surface area (Å²) in [6.45, 7) is 6.55. The second-order valence-corrected chi connectivity index (χ2v) is 14.3. The van der Waals surface area contributed by atoms with Crippen molar-refractivity contribution < 1.29 is 33.1 Å². The molecule has 202 valence electrons. The van der Waals surface area contributed by atoms with Crippen LogP contribution in [0.5, 0.6) is 0 Å². The third-order valence-electron chi connectivity index (χ3n) is 11.1. The van der Waals surface area contributed by atoms with Crippen LogP contribution in [0, 0.1) is 40.4 Å². The topological polar surface area (TPSA) is 144 Å². The van der Waals surface area contributed by atoms with Crippen LogP contribution < -0.4 is 5.32 Å². The normalized spacial score (nSPS) is 46.3. The first-order valence-corrected chi connectivity index (χ1v) is 15.1. The number of hydrogen-bond acceptors (Lipinski definition) is 6. The highest BCUT2D eigenvalue weighted by Gasteiger charge is 2.69. The standard InChI is InChI=1S/C26H45NO7S/c1-16(4-5-22(30)27-12-13-35(32,33)34)19-8-11-26(31)23-20(7-10-25(19,26)3)24(2)9-6-18(28)14-17(24)15-21(23)29/h16-21,23,28-29,31H,4-15H2,1-3H3,(H,27,30)(H,32,33,34)/t16-,17+,18-,19-,20+,21-,23+,24+,25-,26-/m1/s1. The fourth-order valence-corrected chi connectivity index (χ4v) is 9.47. The smallest absolute Gasteiger partial charge is 0.266 e. The molecule has 4 aliphatic rings. The van der Waals surface area contributed by atoms with Gasteiger partial charge in [-0.2, -0.15) is 8.42 Å². The van der Waals surface area contributed by atoms with Crippen molar-refractivity contribution in [3.8, 4) is 0 Å². The molecule has 35 heavy (non-hydrogen) atoms. The number of rotatable bonds is 7. The van der Waals surface area contributed by atoms with E-state index >= 15 is 0 Å². The maximum atomic E-state index is 12.3. The van der Waals surface area contributed by atoms with Crippen molar-refractivity contribution in [2.24, 2.45) is 40.4 Å². The molecule has 10 atom stereocenters. The van der Waals surface area contributed by atoms with Gasteiger partial charge >= 0.3 is 0 Å². The molecule has 4 rings (SSSR count). The van der Waals surface area contributed by atoms with Gasteiger partial charge in [0.25, 0.3) is 10.1 Å². The number of aliphatic hydroxyl groups excluding tert-OH is 2. The number of hydrogen-bond donors (Lipinski definition) is 5. The predicted molar refractivity (Wildman–Crippen MR) is 132 cm³/mol. The molecule has 0 spiro atoms. The van der Waals surface area contributed by atoms with E-state index < -0.39 is 27.6 Å². The second kappa shape index (κ2) is 9.53. The number of aliphatic hydroxyl groups is 3. The van der Waals surface area contributed by atoms with Gasteiger partial charge < -0.3 is 20.6 Å². The van der Waals surface area contributed by atoms with Crippen molar-refractivity contribution in [3.05, 3.63) is 0 Å². The fourth-order valence-electron chi connectivity index (χ4n) is 9.11. The molecule has 0 aliphatic heterocycles. The Morgan fingerprint density at radius 1 is 1.09 bits per heavy atom. The van der Waals surface area contributed by atoms with Gasteiger partial charge in [-0.05, 0) is 92.3 Å². The van der Waals surface area contributed by atoms with Crippen molar-refractivity contribution in [3.63, 3.8) is 0 Å². The Kier molecular flexibility index (Phi) is 7.43. The minimum absolute atomic E-state index is 0.0457. The Hall–Kier alpha value is -0.740. The van der Waals surface area contributed by atoms with Crippen molar-refractivity contribution in [2.45, 2.75) is 103 Å². The first-order valence-electron chi connectivity index (χ1n) is 13.5. The molecule has 0 saturated heterocycles. The highest BCUT2D eigenvalue weighted by Crippen LogP contribution is 2.69. The summed E-state index contributed by atoms with van der Waals surface area (Å²) in [5.41, 5.74) is -1.21. The average molecular weight is 516 g/mol. The van der Waals surface area contributed by atoms with Crippen LogP contribution in [0.4, 0.5) is 0 Å². The molecule has 0 aromatic rings. The SMILES string of the molecule is C[C@H](CCC(=O)NCCS(=O)(=O)O)[C@H]1CC[C@@]2(O)[C@@H]3[C@H](O)C[C@@H]4C[C@H](O)CC[C@]4(C)[C@H]3CC[C@]12C. The second-order valence-electron chi connectivity index (χ2n) is 12.7. The zero-order valence-electron chi connectivity index (χ0n) is 21.4. The number of fused-ring (bicyclic) bond motifs is 5. The summed E-state index contributed by atoms with van der Waals surface area (Å²) in [6, 6.07) is 0. The Morgan fingerprint density at radius 2 is 1.80 bits per heavy atom. The highest BCUT2D eigenvalue weighted by atomic mass is 32.2. The van der Waals surface area contributed by atoms with Crippen molar-refractivity contribution in [1.29, 1.82) is 0 Å². The van der Waals surface area contributed by atoms with Crippen LogP contribution in [0.3, 0.4) is 0 Å². The summed E-state index contributed by atoms with van der Waals surface area (Å²) in [5.74, 6) is 0.112. The summed E-state index contributed by atoms with van der Waals surface area (Å²) in [6.07, 6.45) is 6.63. The summed E-state index contributed by atoms with van der Waals surface area (Å²) in [4.78, 5) is 12.2. The molecule has 0 heterocycles. The minimum atomic E-state index is -4.10. The zero-order valence-corrected chi connectivity index (χ0v) is 22.3. The maximum Gasteiger partial charge on any atom is 0.266 e. The molecule has 4 saturated carbocycles. The molecule has 8 nitrogen and oxygen atoms in total. The third-order valence-corrected chi connectivity index (χ3v) is 11.8. The van der Waals surface area contributed by atoms with Crippen LogP contribution in [-0.2, 0) is 14.9 Å². The Balaban J connectivity index is 1.44. The monoisotopic (exact) mass is 515 g/mol. The Labute approximate surface area is 210 Å². The number of carbonyl (C=O) groups excluding carboxylic acids is 1. The van der Waals surface area contributed by atoms with Gasteiger partial charge in [0.05, 0.1) is 23.6 Å². The van der Waals surface area contributed by atoms with E-state index in [2.05, 4.69) is 26.1 Å². The maximum absolute atomic E-state index is 12.3. The molecule has 0 aromatic heterocycles. The van der Waals surface area contributed by atoms with Crippen LogP contribution in [0.15, 0.2) is 0 Å². The van der Waals surface area contributed by atoms with E-state index in [1.165, 1.54) is 0 Å². The van der Waals surface area contributed by atoms with Crippen LogP contribution >= 0.6 is 0 Å². The molecule has 4 fully saturated rings. The Morgan fingerprint density at radius 3 is 2.49 bits per heavy atom. The third kappa shape index (κ3) is 4.80. The molecule has 0 bridgehead atoms. The van der Waals surface area contributed by atoms with Gasteiger partial charge in [0, 0.05) is 18.9 Å².